The minimum Gasteiger partial charge on any atom is -0.465 e. The Hall–Kier alpha value is -1.30. The van der Waals surface area contributed by atoms with Gasteiger partial charge in [0.15, 0.2) is 15.8 Å². The lowest BCUT2D eigenvalue weighted by molar-refractivity contribution is 0.0607. The van der Waals surface area contributed by atoms with Crippen molar-refractivity contribution in [1.82, 2.24) is 4.98 Å². The molecule has 1 fully saturated rings. The molecule has 6 heteroatoms. The molecule has 1 aliphatic rings. The molecule has 0 amide bonds. The molecule has 0 atom stereocenters. The van der Waals surface area contributed by atoms with Crippen LogP contribution in [0.4, 0.5) is 10.9 Å². The lowest BCUT2D eigenvalue weighted by Gasteiger charge is -2.09. The molecule has 0 aliphatic heterocycles. The van der Waals surface area contributed by atoms with Gasteiger partial charge in [-0.1, -0.05) is 24.2 Å². The summed E-state index contributed by atoms with van der Waals surface area (Å²) < 4.78 is 4.62. The fraction of sp³-hybridized carbons (Fsp3) is 0.600. The van der Waals surface area contributed by atoms with Crippen LogP contribution < -0.4 is 11.1 Å². The van der Waals surface area contributed by atoms with Crippen molar-refractivity contribution in [3.63, 3.8) is 0 Å². The number of hydrogen-bond acceptors (Lipinski definition) is 6. The van der Waals surface area contributed by atoms with Crippen molar-refractivity contribution < 1.29 is 9.53 Å². The minimum atomic E-state index is -0.422. The fourth-order valence-electron chi connectivity index (χ4n) is 1.88. The summed E-state index contributed by atoms with van der Waals surface area (Å²) in [6, 6.07) is 0.469. The number of hydrogen-bond donors (Lipinski definition) is 2. The second-order valence-electron chi connectivity index (χ2n) is 3.85. The van der Waals surface area contributed by atoms with E-state index in [1.165, 1.54) is 31.3 Å². The first kappa shape index (κ1) is 11.2. The zero-order valence-corrected chi connectivity index (χ0v) is 9.97. The van der Waals surface area contributed by atoms with E-state index >= 15 is 0 Å². The summed E-state index contributed by atoms with van der Waals surface area (Å²) in [5.41, 5.74) is 5.65. The summed E-state index contributed by atoms with van der Waals surface area (Å²) in [7, 11) is 1.34. The molecule has 2 rings (SSSR count). The maximum absolute atomic E-state index is 11.3. The molecule has 1 saturated carbocycles. The summed E-state index contributed by atoms with van der Waals surface area (Å²) in [6.07, 6.45) is 4.82. The lowest BCUT2D eigenvalue weighted by atomic mass is 10.3. The zero-order valence-electron chi connectivity index (χ0n) is 9.16. The SMILES string of the molecule is COC(=O)c1sc(NC2CCCC2)nc1N. The number of nitrogens with two attached hydrogens (primary N) is 1. The summed E-state index contributed by atoms with van der Waals surface area (Å²) in [6.45, 7) is 0. The van der Waals surface area contributed by atoms with Crippen molar-refractivity contribution in [2.45, 2.75) is 31.7 Å². The number of nitrogens with one attached hydrogen (secondary N) is 1. The van der Waals surface area contributed by atoms with E-state index in [1.54, 1.807) is 0 Å². The number of nitrogen functional groups attached to an aromatic ring is 1. The Labute approximate surface area is 98.0 Å². The van der Waals surface area contributed by atoms with Gasteiger partial charge in [-0.25, -0.2) is 9.78 Å². The molecule has 0 radical (unpaired) electrons. The van der Waals surface area contributed by atoms with Gasteiger partial charge in [-0.3, -0.25) is 0 Å². The number of carbonyl (C=O) groups excluding carboxylic acids is 1. The Bertz CT molecular complexity index is 385. The summed E-state index contributed by atoms with van der Waals surface area (Å²) in [5.74, 6) is -0.174. The molecule has 16 heavy (non-hydrogen) atoms. The Morgan fingerprint density at radius 2 is 2.25 bits per heavy atom. The second-order valence-corrected chi connectivity index (χ2v) is 4.85. The normalized spacial score (nSPS) is 16.3. The standard InChI is InChI=1S/C10H15N3O2S/c1-15-9(14)7-8(11)13-10(16-7)12-6-4-2-3-5-6/h6H,2-5,11H2,1H3,(H,12,13). The highest BCUT2D eigenvalue weighted by Gasteiger charge is 2.20. The Morgan fingerprint density at radius 1 is 1.56 bits per heavy atom. The average Bonchev–Trinajstić information content (AvgIpc) is 2.88. The first-order valence-corrected chi connectivity index (χ1v) is 6.13. The maximum Gasteiger partial charge on any atom is 0.351 e. The number of nitrogens with zero attached hydrogens (tertiary/aromatic N) is 1. The predicted molar refractivity (Wildman–Crippen MR) is 63.7 cm³/mol. The van der Waals surface area contributed by atoms with Crippen LogP contribution in [0.2, 0.25) is 0 Å². The summed E-state index contributed by atoms with van der Waals surface area (Å²) in [4.78, 5) is 15.8. The van der Waals surface area contributed by atoms with Crippen molar-refractivity contribution in [3.8, 4) is 0 Å². The van der Waals surface area contributed by atoms with Crippen LogP contribution in [0.25, 0.3) is 0 Å². The van der Waals surface area contributed by atoms with Gasteiger partial charge >= 0.3 is 5.97 Å². The molecular formula is C10H15N3O2S. The first-order chi connectivity index (χ1) is 7.70. The van der Waals surface area contributed by atoms with Gasteiger partial charge in [0.05, 0.1) is 7.11 Å². The van der Waals surface area contributed by atoms with Crippen molar-refractivity contribution >= 4 is 28.3 Å². The number of carbonyl (C=O) groups is 1. The first-order valence-electron chi connectivity index (χ1n) is 5.32. The van der Waals surface area contributed by atoms with E-state index in [0.717, 1.165) is 12.8 Å². The van der Waals surface area contributed by atoms with Gasteiger partial charge in [0.25, 0.3) is 0 Å². The van der Waals surface area contributed by atoms with Crippen LogP contribution in [0, 0.1) is 0 Å². The van der Waals surface area contributed by atoms with Crippen LogP contribution in [0.3, 0.4) is 0 Å². The molecule has 1 aromatic heterocycles. The van der Waals surface area contributed by atoms with Gasteiger partial charge in [0, 0.05) is 6.04 Å². The fourth-order valence-corrected chi connectivity index (χ4v) is 2.76. The molecule has 0 saturated heterocycles. The van der Waals surface area contributed by atoms with Gasteiger partial charge in [-0.15, -0.1) is 0 Å². The number of thiazole rings is 1. The van der Waals surface area contributed by atoms with E-state index < -0.39 is 5.97 Å². The highest BCUT2D eigenvalue weighted by molar-refractivity contribution is 7.17. The van der Waals surface area contributed by atoms with Crippen LogP contribution in [0.15, 0.2) is 0 Å². The third-order valence-electron chi connectivity index (χ3n) is 2.71. The Morgan fingerprint density at radius 3 is 2.88 bits per heavy atom. The molecule has 0 spiro atoms. The van der Waals surface area contributed by atoms with E-state index in [9.17, 15) is 4.79 Å². The maximum atomic E-state index is 11.3. The molecule has 88 valence electrons. The summed E-state index contributed by atoms with van der Waals surface area (Å²) in [5, 5.41) is 4.01. The largest absolute Gasteiger partial charge is 0.465 e. The smallest absolute Gasteiger partial charge is 0.351 e. The van der Waals surface area contributed by atoms with E-state index in [0.29, 0.717) is 16.1 Å². The number of rotatable bonds is 3. The van der Waals surface area contributed by atoms with E-state index in [4.69, 9.17) is 5.73 Å². The molecule has 5 nitrogen and oxygen atoms in total. The molecule has 3 N–H and O–H groups in total. The lowest BCUT2D eigenvalue weighted by Crippen LogP contribution is -2.14. The molecule has 1 aromatic rings. The number of anilines is 2. The molecule has 0 unspecified atom stereocenters. The van der Waals surface area contributed by atoms with Crippen LogP contribution in [0.1, 0.15) is 35.4 Å². The molecular weight excluding hydrogens is 226 g/mol. The predicted octanol–water partition coefficient (Wildman–Crippen LogP) is 1.87. The molecule has 1 aliphatic carbocycles. The Balaban J connectivity index is 2.07. The Kier molecular flexibility index (Phi) is 3.28. The number of esters is 1. The molecule has 0 bridgehead atoms. The van der Waals surface area contributed by atoms with Gasteiger partial charge in [-0.2, -0.15) is 0 Å². The van der Waals surface area contributed by atoms with Crippen LogP contribution in [0.5, 0.6) is 0 Å². The topological polar surface area (TPSA) is 77.2 Å². The van der Waals surface area contributed by atoms with Crippen LogP contribution in [-0.2, 0) is 4.74 Å². The zero-order chi connectivity index (χ0) is 11.5. The van der Waals surface area contributed by atoms with E-state index in [1.807, 2.05) is 0 Å². The van der Waals surface area contributed by atoms with Crippen LogP contribution in [-0.4, -0.2) is 24.1 Å². The van der Waals surface area contributed by atoms with Crippen molar-refractivity contribution in [3.05, 3.63) is 4.88 Å². The van der Waals surface area contributed by atoms with Crippen LogP contribution >= 0.6 is 11.3 Å². The van der Waals surface area contributed by atoms with E-state index in [-0.39, 0.29) is 5.82 Å². The van der Waals surface area contributed by atoms with Crippen molar-refractivity contribution in [2.75, 3.05) is 18.2 Å². The van der Waals surface area contributed by atoms with Crippen molar-refractivity contribution in [1.29, 1.82) is 0 Å². The number of aromatic nitrogens is 1. The molecule has 1 heterocycles. The number of ether oxygens (including phenoxy) is 1. The number of methoxy groups -OCH3 is 1. The minimum absolute atomic E-state index is 0.248. The second kappa shape index (κ2) is 4.69. The highest BCUT2D eigenvalue weighted by atomic mass is 32.1. The third-order valence-corrected chi connectivity index (χ3v) is 3.69. The average molecular weight is 241 g/mol. The quantitative estimate of drug-likeness (QED) is 0.790. The monoisotopic (exact) mass is 241 g/mol. The summed E-state index contributed by atoms with van der Waals surface area (Å²) >= 11 is 1.26. The van der Waals surface area contributed by atoms with Crippen molar-refractivity contribution in [2.24, 2.45) is 0 Å². The van der Waals surface area contributed by atoms with E-state index in [2.05, 4.69) is 15.0 Å². The third kappa shape index (κ3) is 2.27. The van der Waals surface area contributed by atoms with Gasteiger partial charge in [0.1, 0.15) is 0 Å². The highest BCUT2D eigenvalue weighted by Crippen LogP contribution is 2.29. The van der Waals surface area contributed by atoms with Gasteiger partial charge in [-0.05, 0) is 12.8 Å². The van der Waals surface area contributed by atoms with Gasteiger partial charge in [0.2, 0.25) is 0 Å². The van der Waals surface area contributed by atoms with Gasteiger partial charge < -0.3 is 15.8 Å². The molecule has 0 aromatic carbocycles.